The minimum Gasteiger partial charge on any atom is -0.318 e. The number of benzene rings is 2. The van der Waals surface area contributed by atoms with Gasteiger partial charge in [-0.2, -0.15) is 0 Å². The molecule has 0 heterocycles. The third-order valence-corrected chi connectivity index (χ3v) is 3.77. The van der Waals surface area contributed by atoms with E-state index in [0.29, 0.717) is 15.7 Å². The molecule has 0 fully saturated rings. The molecule has 0 radical (unpaired) electrons. The Morgan fingerprint density at radius 3 is 2.19 bits per heavy atom. The molecule has 0 aliphatic heterocycles. The van der Waals surface area contributed by atoms with Gasteiger partial charge in [-0.1, -0.05) is 23.2 Å². The van der Waals surface area contributed by atoms with Crippen LogP contribution in [0.25, 0.3) is 0 Å². The standard InChI is InChI=1S/C14H9Cl2IN2O2/c15-8-1-6-11(16)12(7-8)19-14(21)13(20)18-10-4-2-9(17)3-5-10/h1-7H,(H,18,20)(H,19,21). The quantitative estimate of drug-likeness (QED) is 0.550. The zero-order valence-electron chi connectivity index (χ0n) is 10.5. The van der Waals surface area contributed by atoms with Gasteiger partial charge >= 0.3 is 11.8 Å². The van der Waals surface area contributed by atoms with E-state index in [1.54, 1.807) is 18.2 Å². The van der Waals surface area contributed by atoms with Gasteiger partial charge in [-0.25, -0.2) is 0 Å². The van der Waals surface area contributed by atoms with E-state index in [2.05, 4.69) is 33.2 Å². The zero-order valence-corrected chi connectivity index (χ0v) is 14.2. The van der Waals surface area contributed by atoms with E-state index in [4.69, 9.17) is 23.2 Å². The first-order chi connectivity index (χ1) is 9.95. The first-order valence-corrected chi connectivity index (χ1v) is 7.62. The highest BCUT2D eigenvalue weighted by Crippen LogP contribution is 2.25. The van der Waals surface area contributed by atoms with Gasteiger partial charge in [-0.05, 0) is 65.1 Å². The van der Waals surface area contributed by atoms with E-state index in [0.717, 1.165) is 3.57 Å². The number of amides is 2. The predicted octanol–water partition coefficient (Wildman–Crippen LogP) is 4.18. The third-order valence-electron chi connectivity index (χ3n) is 2.48. The normalized spacial score (nSPS) is 10.0. The second-order valence-corrected chi connectivity index (χ2v) is 6.13. The van der Waals surface area contributed by atoms with Crippen molar-refractivity contribution in [2.75, 3.05) is 10.6 Å². The van der Waals surface area contributed by atoms with Crippen LogP contribution >= 0.6 is 45.8 Å². The number of hydrogen-bond acceptors (Lipinski definition) is 2. The van der Waals surface area contributed by atoms with Crippen molar-refractivity contribution in [3.63, 3.8) is 0 Å². The largest absolute Gasteiger partial charge is 0.318 e. The van der Waals surface area contributed by atoms with Gasteiger partial charge in [-0.15, -0.1) is 0 Å². The van der Waals surface area contributed by atoms with Crippen LogP contribution in [0.1, 0.15) is 0 Å². The molecule has 4 nitrogen and oxygen atoms in total. The highest BCUT2D eigenvalue weighted by molar-refractivity contribution is 14.1. The molecule has 0 saturated carbocycles. The van der Waals surface area contributed by atoms with E-state index >= 15 is 0 Å². The lowest BCUT2D eigenvalue weighted by molar-refractivity contribution is -0.132. The minimum atomic E-state index is -0.822. The summed E-state index contributed by atoms with van der Waals surface area (Å²) in [6.07, 6.45) is 0. The molecule has 2 amide bonds. The monoisotopic (exact) mass is 434 g/mol. The number of carbonyl (C=O) groups excluding carboxylic acids is 2. The van der Waals surface area contributed by atoms with Crippen LogP contribution in [0.2, 0.25) is 10.0 Å². The Morgan fingerprint density at radius 1 is 0.905 bits per heavy atom. The Labute approximate surface area is 145 Å². The van der Waals surface area contributed by atoms with Crippen molar-refractivity contribution < 1.29 is 9.59 Å². The summed E-state index contributed by atoms with van der Waals surface area (Å²) in [5.74, 6) is -1.61. The third kappa shape index (κ3) is 4.59. The molecule has 2 aromatic carbocycles. The molecule has 0 unspecified atom stereocenters. The van der Waals surface area contributed by atoms with Crippen molar-refractivity contribution in [2.24, 2.45) is 0 Å². The van der Waals surface area contributed by atoms with E-state index in [1.807, 2.05) is 12.1 Å². The molecule has 21 heavy (non-hydrogen) atoms. The second kappa shape index (κ2) is 7.11. The van der Waals surface area contributed by atoms with E-state index in [9.17, 15) is 9.59 Å². The van der Waals surface area contributed by atoms with Crippen LogP contribution in [0, 0.1) is 3.57 Å². The van der Waals surface area contributed by atoms with Crippen LogP contribution in [0.5, 0.6) is 0 Å². The lowest BCUT2D eigenvalue weighted by atomic mass is 10.3. The van der Waals surface area contributed by atoms with Gasteiger partial charge < -0.3 is 10.6 Å². The molecular formula is C14H9Cl2IN2O2. The molecule has 2 N–H and O–H groups in total. The topological polar surface area (TPSA) is 58.2 Å². The fraction of sp³-hybridized carbons (Fsp3) is 0. The lowest BCUT2D eigenvalue weighted by Crippen LogP contribution is -2.29. The van der Waals surface area contributed by atoms with Crippen molar-refractivity contribution in [2.45, 2.75) is 0 Å². The first-order valence-electron chi connectivity index (χ1n) is 5.78. The van der Waals surface area contributed by atoms with Crippen LogP contribution in [-0.2, 0) is 9.59 Å². The molecule has 0 aliphatic rings. The first kappa shape index (κ1) is 16.1. The molecule has 2 rings (SSSR count). The van der Waals surface area contributed by atoms with Gasteiger partial charge in [0.25, 0.3) is 0 Å². The van der Waals surface area contributed by atoms with Crippen molar-refractivity contribution in [1.29, 1.82) is 0 Å². The summed E-state index contributed by atoms with van der Waals surface area (Å²) >= 11 is 13.9. The smallest absolute Gasteiger partial charge is 0.314 e. The Bertz CT molecular complexity index is 690. The molecule has 0 bridgehead atoms. The summed E-state index contributed by atoms with van der Waals surface area (Å²) in [6, 6.07) is 11.7. The lowest BCUT2D eigenvalue weighted by Gasteiger charge is -2.08. The van der Waals surface area contributed by atoms with Crippen molar-refractivity contribution in [1.82, 2.24) is 0 Å². The molecule has 108 valence electrons. The molecule has 0 atom stereocenters. The Hall–Kier alpha value is -1.31. The summed E-state index contributed by atoms with van der Waals surface area (Å²) in [6.45, 7) is 0. The molecule has 0 saturated heterocycles. The van der Waals surface area contributed by atoms with Gasteiger partial charge in [0, 0.05) is 14.3 Å². The maximum Gasteiger partial charge on any atom is 0.314 e. The van der Waals surface area contributed by atoms with Gasteiger partial charge in [-0.3, -0.25) is 9.59 Å². The van der Waals surface area contributed by atoms with Gasteiger partial charge in [0.05, 0.1) is 10.7 Å². The van der Waals surface area contributed by atoms with E-state index in [1.165, 1.54) is 12.1 Å². The average Bonchev–Trinajstić information content (AvgIpc) is 2.45. The van der Waals surface area contributed by atoms with Crippen molar-refractivity contribution >= 4 is 69.0 Å². The molecule has 2 aromatic rings. The summed E-state index contributed by atoms with van der Waals surface area (Å²) in [5.41, 5.74) is 0.819. The van der Waals surface area contributed by atoms with Gasteiger partial charge in [0.2, 0.25) is 0 Å². The van der Waals surface area contributed by atoms with Gasteiger partial charge in [0.15, 0.2) is 0 Å². The Balaban J connectivity index is 2.04. The Morgan fingerprint density at radius 2 is 1.52 bits per heavy atom. The highest BCUT2D eigenvalue weighted by Gasteiger charge is 2.15. The van der Waals surface area contributed by atoms with E-state index < -0.39 is 11.8 Å². The summed E-state index contributed by atoms with van der Waals surface area (Å²) in [5, 5.41) is 5.62. The number of anilines is 2. The maximum absolute atomic E-state index is 11.8. The zero-order chi connectivity index (χ0) is 15.4. The summed E-state index contributed by atoms with van der Waals surface area (Å²) in [7, 11) is 0. The van der Waals surface area contributed by atoms with Crippen LogP contribution in [0.15, 0.2) is 42.5 Å². The van der Waals surface area contributed by atoms with Gasteiger partial charge in [0.1, 0.15) is 0 Å². The van der Waals surface area contributed by atoms with Crippen molar-refractivity contribution in [3.8, 4) is 0 Å². The summed E-state index contributed by atoms with van der Waals surface area (Å²) < 4.78 is 1.03. The molecule has 7 heteroatoms. The van der Waals surface area contributed by atoms with Crippen LogP contribution in [-0.4, -0.2) is 11.8 Å². The van der Waals surface area contributed by atoms with Crippen LogP contribution in [0.3, 0.4) is 0 Å². The second-order valence-electron chi connectivity index (χ2n) is 4.04. The summed E-state index contributed by atoms with van der Waals surface area (Å²) in [4.78, 5) is 23.6. The number of halogens is 3. The number of carbonyl (C=O) groups is 2. The maximum atomic E-state index is 11.8. The molecule has 0 aromatic heterocycles. The predicted molar refractivity (Wildman–Crippen MR) is 92.9 cm³/mol. The van der Waals surface area contributed by atoms with Crippen LogP contribution in [0.4, 0.5) is 11.4 Å². The van der Waals surface area contributed by atoms with Crippen molar-refractivity contribution in [3.05, 3.63) is 56.1 Å². The number of rotatable bonds is 2. The highest BCUT2D eigenvalue weighted by atomic mass is 127. The number of nitrogens with one attached hydrogen (secondary N) is 2. The fourth-order valence-electron chi connectivity index (χ4n) is 1.49. The average molecular weight is 435 g/mol. The van der Waals surface area contributed by atoms with E-state index in [-0.39, 0.29) is 5.69 Å². The molecule has 0 aliphatic carbocycles. The molecule has 0 spiro atoms. The minimum absolute atomic E-state index is 0.284. The fourth-order valence-corrected chi connectivity index (χ4v) is 2.19. The SMILES string of the molecule is O=C(Nc1ccc(I)cc1)C(=O)Nc1cc(Cl)ccc1Cl. The number of hydrogen-bond donors (Lipinski definition) is 2. The molecular weight excluding hydrogens is 426 g/mol. The van der Waals surface area contributed by atoms with Crippen LogP contribution < -0.4 is 10.6 Å². The Kier molecular flexibility index (Phi) is 5.44.